The van der Waals surface area contributed by atoms with Crippen molar-refractivity contribution in [2.45, 2.75) is 45.4 Å². The minimum absolute atomic E-state index is 0.0944. The standard InChI is InChI=1S/C29H32ClFN2O3/c1-21(2)36-18-6-17-32-29(35)28(24-7-4-3-5-8-24)33(20-23-11-15-26(31)16-12-23)27(34)19-22-9-13-25(30)14-10-22/h3-5,7-16,21,28H,6,17-20H2,1-2H3,(H,32,35). The molecule has 0 aliphatic rings. The van der Waals surface area contributed by atoms with Crippen LogP contribution in [-0.4, -0.2) is 36.0 Å². The average Bonchev–Trinajstić information content (AvgIpc) is 2.86. The van der Waals surface area contributed by atoms with Gasteiger partial charge in [-0.3, -0.25) is 9.59 Å². The Bertz CT molecular complexity index is 1110. The normalized spacial score (nSPS) is 11.8. The summed E-state index contributed by atoms with van der Waals surface area (Å²) < 4.78 is 19.1. The summed E-state index contributed by atoms with van der Waals surface area (Å²) in [7, 11) is 0. The first-order valence-corrected chi connectivity index (χ1v) is 12.4. The van der Waals surface area contributed by atoms with Gasteiger partial charge < -0.3 is 15.0 Å². The zero-order chi connectivity index (χ0) is 25.9. The van der Waals surface area contributed by atoms with Crippen molar-refractivity contribution in [1.29, 1.82) is 0 Å². The average molecular weight is 511 g/mol. The first-order chi connectivity index (χ1) is 17.3. The third-order valence-electron chi connectivity index (χ3n) is 5.60. The fourth-order valence-electron chi connectivity index (χ4n) is 3.80. The Morgan fingerprint density at radius 2 is 1.58 bits per heavy atom. The highest BCUT2D eigenvalue weighted by Gasteiger charge is 2.31. The molecule has 3 aromatic rings. The van der Waals surface area contributed by atoms with Gasteiger partial charge in [0.25, 0.3) is 0 Å². The van der Waals surface area contributed by atoms with Crippen LogP contribution in [0.4, 0.5) is 4.39 Å². The van der Waals surface area contributed by atoms with Crippen LogP contribution in [0.1, 0.15) is 43.0 Å². The number of rotatable bonds is 12. The molecule has 0 bridgehead atoms. The van der Waals surface area contributed by atoms with E-state index in [-0.39, 0.29) is 36.7 Å². The van der Waals surface area contributed by atoms with Crippen LogP contribution in [0.5, 0.6) is 0 Å². The Labute approximate surface area is 217 Å². The lowest BCUT2D eigenvalue weighted by atomic mass is 10.0. The first-order valence-electron chi connectivity index (χ1n) is 12.1. The van der Waals surface area contributed by atoms with Gasteiger partial charge in [0.15, 0.2) is 0 Å². The molecule has 190 valence electrons. The number of halogens is 2. The van der Waals surface area contributed by atoms with Crippen molar-refractivity contribution < 1.29 is 18.7 Å². The number of benzene rings is 3. The molecule has 3 aromatic carbocycles. The van der Waals surface area contributed by atoms with E-state index >= 15 is 0 Å². The number of hydrogen-bond donors (Lipinski definition) is 1. The molecule has 0 heterocycles. The van der Waals surface area contributed by atoms with Gasteiger partial charge in [0.05, 0.1) is 12.5 Å². The van der Waals surface area contributed by atoms with E-state index in [1.165, 1.54) is 12.1 Å². The van der Waals surface area contributed by atoms with Crippen molar-refractivity contribution in [2.75, 3.05) is 13.2 Å². The third-order valence-corrected chi connectivity index (χ3v) is 5.85. The van der Waals surface area contributed by atoms with Gasteiger partial charge in [-0.15, -0.1) is 0 Å². The maximum absolute atomic E-state index is 13.7. The molecule has 0 radical (unpaired) electrons. The van der Waals surface area contributed by atoms with E-state index in [0.29, 0.717) is 30.2 Å². The minimum Gasteiger partial charge on any atom is -0.379 e. The Balaban J connectivity index is 1.88. The number of hydrogen-bond acceptors (Lipinski definition) is 3. The third kappa shape index (κ3) is 8.47. The highest BCUT2D eigenvalue weighted by Crippen LogP contribution is 2.25. The van der Waals surface area contributed by atoms with E-state index in [9.17, 15) is 14.0 Å². The quantitative estimate of drug-likeness (QED) is 0.317. The molecular weight excluding hydrogens is 479 g/mol. The smallest absolute Gasteiger partial charge is 0.247 e. The highest BCUT2D eigenvalue weighted by molar-refractivity contribution is 6.30. The molecule has 36 heavy (non-hydrogen) atoms. The Morgan fingerprint density at radius 3 is 2.22 bits per heavy atom. The maximum Gasteiger partial charge on any atom is 0.247 e. The summed E-state index contributed by atoms with van der Waals surface area (Å²) in [5.41, 5.74) is 2.20. The lowest BCUT2D eigenvalue weighted by Gasteiger charge is -2.32. The van der Waals surface area contributed by atoms with Gasteiger partial charge in [0.1, 0.15) is 11.9 Å². The molecule has 1 atom stereocenters. The summed E-state index contributed by atoms with van der Waals surface area (Å²) in [6.07, 6.45) is 0.869. The molecule has 0 aliphatic carbocycles. The van der Waals surface area contributed by atoms with Crippen LogP contribution in [0, 0.1) is 5.82 Å². The molecule has 7 heteroatoms. The number of nitrogens with one attached hydrogen (secondary N) is 1. The summed E-state index contributed by atoms with van der Waals surface area (Å²) in [5.74, 6) is -0.870. The molecular formula is C29H32ClFN2O3. The Hall–Kier alpha value is -3.22. The van der Waals surface area contributed by atoms with Crippen molar-refractivity contribution in [3.63, 3.8) is 0 Å². The molecule has 0 aromatic heterocycles. The van der Waals surface area contributed by atoms with Gasteiger partial charge in [-0.2, -0.15) is 0 Å². The van der Waals surface area contributed by atoms with E-state index in [4.69, 9.17) is 16.3 Å². The largest absolute Gasteiger partial charge is 0.379 e. The summed E-state index contributed by atoms with van der Waals surface area (Å²) >= 11 is 6.00. The molecule has 2 amide bonds. The van der Waals surface area contributed by atoms with Crippen LogP contribution in [0.3, 0.4) is 0 Å². The topological polar surface area (TPSA) is 58.6 Å². The SMILES string of the molecule is CC(C)OCCCNC(=O)C(c1ccccc1)N(Cc1ccc(F)cc1)C(=O)Cc1ccc(Cl)cc1. The lowest BCUT2D eigenvalue weighted by molar-refractivity contribution is -0.141. The first kappa shape index (κ1) is 27.4. The molecule has 0 spiro atoms. The minimum atomic E-state index is -0.859. The fourth-order valence-corrected chi connectivity index (χ4v) is 3.92. The van der Waals surface area contributed by atoms with Gasteiger partial charge in [-0.05, 0) is 61.2 Å². The molecule has 0 saturated heterocycles. The maximum atomic E-state index is 13.7. The second-order valence-electron chi connectivity index (χ2n) is 8.83. The lowest BCUT2D eigenvalue weighted by Crippen LogP contribution is -2.44. The highest BCUT2D eigenvalue weighted by atomic mass is 35.5. The van der Waals surface area contributed by atoms with Gasteiger partial charge >= 0.3 is 0 Å². The van der Waals surface area contributed by atoms with Gasteiger partial charge in [0.2, 0.25) is 11.8 Å². The molecule has 5 nitrogen and oxygen atoms in total. The summed E-state index contributed by atoms with van der Waals surface area (Å²) in [4.78, 5) is 28.7. The number of nitrogens with zero attached hydrogens (tertiary/aromatic N) is 1. The van der Waals surface area contributed by atoms with Crippen molar-refractivity contribution >= 4 is 23.4 Å². The van der Waals surface area contributed by atoms with E-state index < -0.39 is 6.04 Å². The second kappa shape index (κ2) is 13.8. The molecule has 0 fully saturated rings. The Kier molecular flexibility index (Phi) is 10.5. The summed E-state index contributed by atoms with van der Waals surface area (Å²) in [5, 5.41) is 3.55. The predicted octanol–water partition coefficient (Wildman–Crippen LogP) is 5.72. The zero-order valence-electron chi connectivity index (χ0n) is 20.6. The van der Waals surface area contributed by atoms with Gasteiger partial charge in [-0.1, -0.05) is 66.2 Å². The predicted molar refractivity (Wildman–Crippen MR) is 140 cm³/mol. The number of carbonyl (C=O) groups excluding carboxylic acids is 2. The monoisotopic (exact) mass is 510 g/mol. The van der Waals surface area contributed by atoms with Crippen LogP contribution < -0.4 is 5.32 Å². The summed E-state index contributed by atoms with van der Waals surface area (Å²) in [6, 6.07) is 21.4. The van der Waals surface area contributed by atoms with Crippen LogP contribution in [0.2, 0.25) is 5.02 Å². The zero-order valence-corrected chi connectivity index (χ0v) is 21.4. The number of amides is 2. The van der Waals surface area contributed by atoms with Gasteiger partial charge in [0, 0.05) is 24.7 Å². The number of carbonyl (C=O) groups is 2. The molecule has 0 aliphatic heterocycles. The van der Waals surface area contributed by atoms with Crippen molar-refractivity contribution in [3.05, 3.63) is 106 Å². The van der Waals surface area contributed by atoms with E-state index in [0.717, 1.165) is 11.1 Å². The van der Waals surface area contributed by atoms with E-state index in [2.05, 4.69) is 5.32 Å². The van der Waals surface area contributed by atoms with Gasteiger partial charge in [-0.25, -0.2) is 4.39 Å². The molecule has 0 saturated carbocycles. The van der Waals surface area contributed by atoms with E-state index in [1.54, 1.807) is 41.3 Å². The molecule has 3 rings (SSSR count). The molecule has 1 unspecified atom stereocenters. The molecule has 1 N–H and O–H groups in total. The van der Waals surface area contributed by atoms with Crippen molar-refractivity contribution in [2.24, 2.45) is 0 Å². The number of ether oxygens (including phenoxy) is 1. The van der Waals surface area contributed by atoms with Crippen LogP contribution in [-0.2, 0) is 27.3 Å². The van der Waals surface area contributed by atoms with Crippen LogP contribution >= 0.6 is 11.6 Å². The Morgan fingerprint density at radius 1 is 0.944 bits per heavy atom. The van der Waals surface area contributed by atoms with Crippen molar-refractivity contribution in [1.82, 2.24) is 10.2 Å². The fraction of sp³-hybridized carbons (Fsp3) is 0.310. The van der Waals surface area contributed by atoms with Crippen LogP contribution in [0.15, 0.2) is 78.9 Å². The summed E-state index contributed by atoms with van der Waals surface area (Å²) in [6.45, 7) is 5.02. The van der Waals surface area contributed by atoms with Crippen LogP contribution in [0.25, 0.3) is 0 Å². The van der Waals surface area contributed by atoms with E-state index in [1.807, 2.05) is 44.2 Å². The van der Waals surface area contributed by atoms with Crippen molar-refractivity contribution in [3.8, 4) is 0 Å². The second-order valence-corrected chi connectivity index (χ2v) is 9.27.